The number of piperidine rings is 2. The van der Waals surface area contributed by atoms with Crippen molar-refractivity contribution in [1.82, 2.24) is 10.2 Å². The Labute approximate surface area is 142 Å². The Hall–Kier alpha value is -1.10. The second-order valence-electron chi connectivity index (χ2n) is 6.76. The highest BCUT2D eigenvalue weighted by Gasteiger charge is 2.33. The molecule has 0 bridgehead atoms. The second-order valence-corrected chi connectivity index (χ2v) is 7.19. The zero-order chi connectivity index (χ0) is 16.2. The van der Waals surface area contributed by atoms with Gasteiger partial charge in [0.2, 0.25) is 5.91 Å². The maximum absolute atomic E-state index is 12.7. The Kier molecular flexibility index (Phi) is 5.57. The minimum atomic E-state index is -0.331. The Morgan fingerprint density at radius 2 is 1.91 bits per heavy atom. The molecule has 4 nitrogen and oxygen atoms in total. The fourth-order valence-corrected chi connectivity index (χ4v) is 3.80. The molecule has 0 aliphatic carbocycles. The zero-order valence-electron chi connectivity index (χ0n) is 13.4. The molecular weight excluding hydrogens is 312 g/mol. The maximum Gasteiger partial charge on any atom is 0.225 e. The SMILES string of the molecule is O=C(C1CCNCC1)N1CC[C@H](O)[C@H](Cc2ccc(Cl)cc2)C1. The van der Waals surface area contributed by atoms with Crippen molar-refractivity contribution in [3.8, 4) is 0 Å². The van der Waals surface area contributed by atoms with Crippen LogP contribution in [0.4, 0.5) is 0 Å². The summed E-state index contributed by atoms with van der Waals surface area (Å²) in [5, 5.41) is 14.3. The van der Waals surface area contributed by atoms with Crippen LogP contribution < -0.4 is 5.32 Å². The maximum atomic E-state index is 12.7. The Morgan fingerprint density at radius 1 is 1.22 bits per heavy atom. The highest BCUT2D eigenvalue weighted by atomic mass is 35.5. The lowest BCUT2D eigenvalue weighted by atomic mass is 9.87. The van der Waals surface area contributed by atoms with Crippen LogP contribution in [0.25, 0.3) is 0 Å². The highest BCUT2D eigenvalue weighted by molar-refractivity contribution is 6.30. The molecule has 1 amide bonds. The van der Waals surface area contributed by atoms with Gasteiger partial charge in [-0.3, -0.25) is 4.79 Å². The average Bonchev–Trinajstić information content (AvgIpc) is 2.59. The molecule has 2 aliphatic heterocycles. The van der Waals surface area contributed by atoms with Gasteiger partial charge in [-0.25, -0.2) is 0 Å². The molecular formula is C18H25ClN2O2. The normalized spacial score (nSPS) is 26.3. The third-order valence-electron chi connectivity index (χ3n) is 5.11. The lowest BCUT2D eigenvalue weighted by molar-refractivity contribution is -0.140. The molecule has 1 aromatic carbocycles. The van der Waals surface area contributed by atoms with E-state index in [2.05, 4.69) is 5.32 Å². The van der Waals surface area contributed by atoms with Gasteiger partial charge < -0.3 is 15.3 Å². The van der Waals surface area contributed by atoms with Crippen LogP contribution in [0.2, 0.25) is 5.02 Å². The molecule has 0 unspecified atom stereocenters. The molecule has 2 aliphatic rings. The molecule has 0 radical (unpaired) electrons. The molecule has 0 spiro atoms. The number of carbonyl (C=O) groups is 1. The van der Waals surface area contributed by atoms with E-state index >= 15 is 0 Å². The van der Waals surface area contributed by atoms with E-state index in [1.54, 1.807) is 0 Å². The zero-order valence-corrected chi connectivity index (χ0v) is 14.1. The molecule has 2 fully saturated rings. The summed E-state index contributed by atoms with van der Waals surface area (Å²) in [4.78, 5) is 14.7. The summed E-state index contributed by atoms with van der Waals surface area (Å²) in [5.74, 6) is 0.540. The largest absolute Gasteiger partial charge is 0.393 e. The number of aliphatic hydroxyl groups excluding tert-OH is 1. The predicted octanol–water partition coefficient (Wildman–Crippen LogP) is 2.09. The van der Waals surface area contributed by atoms with Crippen LogP contribution in [0.5, 0.6) is 0 Å². The lowest BCUT2D eigenvalue weighted by Gasteiger charge is -2.38. The number of likely N-dealkylation sites (tertiary alicyclic amines) is 1. The third kappa shape index (κ3) is 4.25. The summed E-state index contributed by atoms with van der Waals surface area (Å²) in [6.45, 7) is 3.20. The Morgan fingerprint density at radius 3 is 2.61 bits per heavy atom. The first-order chi connectivity index (χ1) is 11.1. The summed E-state index contributed by atoms with van der Waals surface area (Å²) in [6.07, 6.45) is 2.99. The van der Waals surface area contributed by atoms with Gasteiger partial charge >= 0.3 is 0 Å². The van der Waals surface area contributed by atoms with Crippen molar-refractivity contribution in [3.63, 3.8) is 0 Å². The topological polar surface area (TPSA) is 52.6 Å². The van der Waals surface area contributed by atoms with E-state index in [4.69, 9.17) is 11.6 Å². The number of hydrogen-bond acceptors (Lipinski definition) is 3. The smallest absolute Gasteiger partial charge is 0.225 e. The first-order valence-corrected chi connectivity index (χ1v) is 8.93. The molecule has 2 atom stereocenters. The van der Waals surface area contributed by atoms with Crippen molar-refractivity contribution in [2.75, 3.05) is 26.2 Å². The van der Waals surface area contributed by atoms with Gasteiger partial charge in [-0.2, -0.15) is 0 Å². The number of hydrogen-bond donors (Lipinski definition) is 2. The first-order valence-electron chi connectivity index (χ1n) is 8.55. The monoisotopic (exact) mass is 336 g/mol. The van der Waals surface area contributed by atoms with Crippen molar-refractivity contribution in [2.24, 2.45) is 11.8 Å². The van der Waals surface area contributed by atoms with Crippen LogP contribution in [-0.2, 0) is 11.2 Å². The van der Waals surface area contributed by atoms with E-state index in [1.807, 2.05) is 29.2 Å². The Bertz CT molecular complexity index is 528. The van der Waals surface area contributed by atoms with Crippen molar-refractivity contribution < 1.29 is 9.90 Å². The van der Waals surface area contributed by atoms with E-state index < -0.39 is 0 Å². The summed E-state index contributed by atoms with van der Waals surface area (Å²) in [7, 11) is 0. The number of nitrogens with one attached hydrogen (secondary N) is 1. The molecule has 0 saturated carbocycles. The fourth-order valence-electron chi connectivity index (χ4n) is 3.67. The predicted molar refractivity (Wildman–Crippen MR) is 91.4 cm³/mol. The van der Waals surface area contributed by atoms with Crippen molar-refractivity contribution >= 4 is 17.5 Å². The molecule has 126 valence electrons. The summed E-state index contributed by atoms with van der Waals surface area (Å²) < 4.78 is 0. The fraction of sp³-hybridized carbons (Fsp3) is 0.611. The van der Waals surface area contributed by atoms with Crippen LogP contribution in [0.3, 0.4) is 0 Å². The molecule has 5 heteroatoms. The number of nitrogens with zero attached hydrogens (tertiary/aromatic N) is 1. The number of carbonyl (C=O) groups excluding carboxylic acids is 1. The van der Waals surface area contributed by atoms with Gasteiger partial charge in [0.25, 0.3) is 0 Å². The van der Waals surface area contributed by atoms with Crippen molar-refractivity contribution in [1.29, 1.82) is 0 Å². The summed E-state index contributed by atoms with van der Waals surface area (Å²) in [6, 6.07) is 7.76. The molecule has 3 rings (SSSR count). The second kappa shape index (κ2) is 7.65. The van der Waals surface area contributed by atoms with E-state index in [1.165, 1.54) is 0 Å². The summed E-state index contributed by atoms with van der Waals surface area (Å²) in [5.41, 5.74) is 1.16. The molecule has 2 N–H and O–H groups in total. The number of benzene rings is 1. The van der Waals surface area contributed by atoms with Crippen LogP contribution in [-0.4, -0.2) is 48.2 Å². The van der Waals surface area contributed by atoms with Gasteiger partial charge in [-0.05, 0) is 56.5 Å². The quantitative estimate of drug-likeness (QED) is 0.888. The number of aliphatic hydroxyl groups is 1. The molecule has 23 heavy (non-hydrogen) atoms. The minimum absolute atomic E-state index is 0.107. The number of rotatable bonds is 3. The van der Waals surface area contributed by atoms with Gasteiger partial charge in [-0.15, -0.1) is 0 Å². The van der Waals surface area contributed by atoms with E-state index in [9.17, 15) is 9.90 Å². The van der Waals surface area contributed by atoms with E-state index in [0.29, 0.717) is 19.5 Å². The first kappa shape index (κ1) is 16.7. The van der Waals surface area contributed by atoms with Crippen molar-refractivity contribution in [2.45, 2.75) is 31.8 Å². The molecule has 1 aromatic rings. The van der Waals surface area contributed by atoms with Gasteiger partial charge in [0.1, 0.15) is 0 Å². The molecule has 2 heterocycles. The van der Waals surface area contributed by atoms with E-state index in [0.717, 1.165) is 42.9 Å². The van der Waals surface area contributed by atoms with Gasteiger partial charge in [0, 0.05) is 29.9 Å². The van der Waals surface area contributed by atoms with Gasteiger partial charge in [-0.1, -0.05) is 23.7 Å². The van der Waals surface area contributed by atoms with Crippen LogP contribution >= 0.6 is 11.6 Å². The molecule has 0 aromatic heterocycles. The third-order valence-corrected chi connectivity index (χ3v) is 5.36. The Balaban J connectivity index is 1.61. The van der Waals surface area contributed by atoms with Crippen molar-refractivity contribution in [3.05, 3.63) is 34.9 Å². The van der Waals surface area contributed by atoms with Gasteiger partial charge in [0.05, 0.1) is 6.10 Å². The van der Waals surface area contributed by atoms with Crippen LogP contribution in [0, 0.1) is 11.8 Å². The number of amides is 1. The molecule has 2 saturated heterocycles. The summed E-state index contributed by atoms with van der Waals surface area (Å²) >= 11 is 5.93. The van der Waals surface area contributed by atoms with Crippen LogP contribution in [0.1, 0.15) is 24.8 Å². The van der Waals surface area contributed by atoms with Gasteiger partial charge in [0.15, 0.2) is 0 Å². The minimum Gasteiger partial charge on any atom is -0.393 e. The lowest BCUT2D eigenvalue weighted by Crippen LogP contribution is -2.49. The average molecular weight is 337 g/mol. The standard InChI is InChI=1S/C18H25ClN2O2/c19-16-3-1-13(2-4-16)11-15-12-21(10-7-17(15)22)18(23)14-5-8-20-9-6-14/h1-4,14-15,17,20,22H,5-12H2/t15-,17+/m1/s1. The number of halogens is 1. The van der Waals surface area contributed by atoms with Crippen LogP contribution in [0.15, 0.2) is 24.3 Å². The van der Waals surface area contributed by atoms with E-state index in [-0.39, 0.29) is 23.8 Å². The highest BCUT2D eigenvalue weighted by Crippen LogP contribution is 2.25.